The van der Waals surface area contributed by atoms with E-state index < -0.39 is 11.6 Å². The Labute approximate surface area is 158 Å². The van der Waals surface area contributed by atoms with Crippen LogP contribution in [0.2, 0.25) is 0 Å². The molecule has 0 aromatic heterocycles. The predicted molar refractivity (Wildman–Crippen MR) is 101 cm³/mol. The Balaban J connectivity index is 1.54. The summed E-state index contributed by atoms with van der Waals surface area (Å²) < 4.78 is 45.1. The highest BCUT2D eigenvalue weighted by atomic mass is 19.2. The van der Waals surface area contributed by atoms with Crippen LogP contribution < -0.4 is 9.47 Å². The molecule has 1 aliphatic heterocycles. The minimum atomic E-state index is -0.928. The molecule has 1 saturated heterocycles. The number of ether oxygens (including phenoxy) is 3. The average molecular weight is 374 g/mol. The molecule has 5 heteroatoms. The molecule has 0 saturated carbocycles. The Morgan fingerprint density at radius 1 is 1.07 bits per heavy atom. The van der Waals surface area contributed by atoms with Crippen molar-refractivity contribution < 1.29 is 23.0 Å². The van der Waals surface area contributed by atoms with Gasteiger partial charge in [-0.3, -0.25) is 0 Å². The number of hydrogen-bond acceptors (Lipinski definition) is 3. The number of hydrogen-bond donors (Lipinski definition) is 0. The molecule has 1 fully saturated rings. The lowest BCUT2D eigenvalue weighted by atomic mass is 9.91. The van der Waals surface area contributed by atoms with Crippen LogP contribution in [0.3, 0.4) is 0 Å². The average Bonchev–Trinajstić information content (AvgIpc) is 2.71. The summed E-state index contributed by atoms with van der Waals surface area (Å²) in [6.07, 6.45) is 3.16. The van der Waals surface area contributed by atoms with Gasteiger partial charge in [0.15, 0.2) is 11.6 Å². The van der Waals surface area contributed by atoms with Crippen LogP contribution in [0.25, 0.3) is 6.08 Å². The molecule has 1 heterocycles. The van der Waals surface area contributed by atoms with E-state index in [1.54, 1.807) is 19.1 Å². The molecule has 0 bridgehead atoms. The van der Waals surface area contributed by atoms with Crippen LogP contribution in [0.4, 0.5) is 8.78 Å². The lowest BCUT2D eigenvalue weighted by molar-refractivity contribution is -0.0218. The largest absolute Gasteiger partial charge is 0.491 e. The zero-order chi connectivity index (χ0) is 19.2. The van der Waals surface area contributed by atoms with Crippen LogP contribution >= 0.6 is 0 Å². The molecule has 0 aliphatic carbocycles. The SMILES string of the molecule is C=Cc1ccc(OCC2CCC(c3ccc(OCC)c(F)c3F)CO2)cc1. The molecule has 144 valence electrons. The summed E-state index contributed by atoms with van der Waals surface area (Å²) in [4.78, 5) is 0. The van der Waals surface area contributed by atoms with Gasteiger partial charge in [0.05, 0.1) is 19.3 Å². The first-order valence-electron chi connectivity index (χ1n) is 9.20. The van der Waals surface area contributed by atoms with Crippen LogP contribution in [0, 0.1) is 11.6 Å². The molecule has 0 spiro atoms. The van der Waals surface area contributed by atoms with Crippen molar-refractivity contribution >= 4 is 6.08 Å². The third-order valence-corrected chi connectivity index (χ3v) is 4.74. The summed E-state index contributed by atoms with van der Waals surface area (Å²) in [7, 11) is 0. The monoisotopic (exact) mass is 374 g/mol. The van der Waals surface area contributed by atoms with E-state index in [4.69, 9.17) is 14.2 Å². The normalized spacial score (nSPS) is 19.5. The third kappa shape index (κ3) is 4.66. The first-order chi connectivity index (χ1) is 13.1. The molecule has 0 N–H and O–H groups in total. The molecule has 3 nitrogen and oxygen atoms in total. The Bertz CT molecular complexity index is 766. The van der Waals surface area contributed by atoms with E-state index in [0.717, 1.165) is 17.7 Å². The highest BCUT2D eigenvalue weighted by Crippen LogP contribution is 2.33. The van der Waals surface area contributed by atoms with Gasteiger partial charge in [-0.1, -0.05) is 30.9 Å². The van der Waals surface area contributed by atoms with Gasteiger partial charge in [0.2, 0.25) is 5.82 Å². The summed E-state index contributed by atoms with van der Waals surface area (Å²) in [6, 6.07) is 10.7. The standard InChI is InChI=1S/C22H24F2O3/c1-3-15-5-8-17(9-6-15)27-14-18-10-7-16(13-26-18)19-11-12-20(25-4-2)22(24)21(19)23/h3,5-6,8-9,11-12,16,18H,1,4,7,10,13-14H2,2H3. The highest BCUT2D eigenvalue weighted by molar-refractivity contribution is 5.48. The minimum absolute atomic E-state index is 0.0516. The van der Waals surface area contributed by atoms with Gasteiger partial charge in [-0.15, -0.1) is 0 Å². The summed E-state index contributed by atoms with van der Waals surface area (Å²) >= 11 is 0. The number of benzene rings is 2. The van der Waals surface area contributed by atoms with E-state index in [1.807, 2.05) is 24.3 Å². The van der Waals surface area contributed by atoms with Crippen molar-refractivity contribution in [1.82, 2.24) is 0 Å². The van der Waals surface area contributed by atoms with Gasteiger partial charge in [-0.2, -0.15) is 4.39 Å². The second-order valence-corrected chi connectivity index (χ2v) is 6.53. The van der Waals surface area contributed by atoms with Gasteiger partial charge in [-0.05, 0) is 49.1 Å². The molecule has 27 heavy (non-hydrogen) atoms. The zero-order valence-corrected chi connectivity index (χ0v) is 15.4. The Kier molecular flexibility index (Phi) is 6.45. The highest BCUT2D eigenvalue weighted by Gasteiger charge is 2.27. The van der Waals surface area contributed by atoms with Crippen LogP contribution in [0.1, 0.15) is 36.8 Å². The summed E-state index contributed by atoms with van der Waals surface area (Å²) in [5.74, 6) is -1.22. The van der Waals surface area contributed by atoms with Crippen LogP contribution in [-0.2, 0) is 4.74 Å². The Hall–Kier alpha value is -2.40. The smallest absolute Gasteiger partial charge is 0.200 e. The first-order valence-corrected chi connectivity index (χ1v) is 9.20. The molecule has 2 unspecified atom stereocenters. The van der Waals surface area contributed by atoms with E-state index in [2.05, 4.69) is 6.58 Å². The van der Waals surface area contributed by atoms with Crippen molar-refractivity contribution in [2.24, 2.45) is 0 Å². The number of halogens is 2. The first kappa shape index (κ1) is 19.4. The minimum Gasteiger partial charge on any atom is -0.491 e. The fourth-order valence-corrected chi connectivity index (χ4v) is 3.20. The van der Waals surface area contributed by atoms with Gasteiger partial charge >= 0.3 is 0 Å². The fourth-order valence-electron chi connectivity index (χ4n) is 3.20. The summed E-state index contributed by atoms with van der Waals surface area (Å²) in [5, 5.41) is 0. The predicted octanol–water partition coefficient (Wildman–Crippen LogP) is 5.35. The van der Waals surface area contributed by atoms with Crippen molar-refractivity contribution in [3.8, 4) is 11.5 Å². The van der Waals surface area contributed by atoms with Gasteiger partial charge in [-0.25, -0.2) is 4.39 Å². The van der Waals surface area contributed by atoms with E-state index >= 15 is 0 Å². The Morgan fingerprint density at radius 3 is 2.48 bits per heavy atom. The zero-order valence-electron chi connectivity index (χ0n) is 15.4. The molecule has 2 aromatic rings. The molecular formula is C22H24F2O3. The Morgan fingerprint density at radius 2 is 1.85 bits per heavy atom. The van der Waals surface area contributed by atoms with E-state index in [9.17, 15) is 8.78 Å². The maximum Gasteiger partial charge on any atom is 0.200 e. The van der Waals surface area contributed by atoms with Crippen molar-refractivity contribution in [2.75, 3.05) is 19.8 Å². The third-order valence-electron chi connectivity index (χ3n) is 4.74. The summed E-state index contributed by atoms with van der Waals surface area (Å²) in [6.45, 7) is 6.52. The topological polar surface area (TPSA) is 27.7 Å². The van der Waals surface area contributed by atoms with Crippen LogP contribution in [0.5, 0.6) is 11.5 Å². The lowest BCUT2D eigenvalue weighted by Crippen LogP contribution is -2.30. The summed E-state index contributed by atoms with van der Waals surface area (Å²) in [5.41, 5.74) is 1.37. The van der Waals surface area contributed by atoms with Gasteiger partial charge in [0, 0.05) is 5.92 Å². The van der Waals surface area contributed by atoms with E-state index in [0.29, 0.717) is 31.8 Å². The molecule has 0 amide bonds. The van der Waals surface area contributed by atoms with Gasteiger partial charge in [0.1, 0.15) is 12.4 Å². The molecular weight excluding hydrogens is 350 g/mol. The second kappa shape index (κ2) is 9.00. The van der Waals surface area contributed by atoms with Crippen LogP contribution in [0.15, 0.2) is 43.0 Å². The van der Waals surface area contributed by atoms with Crippen molar-refractivity contribution in [1.29, 1.82) is 0 Å². The number of rotatable bonds is 7. The van der Waals surface area contributed by atoms with Gasteiger partial charge in [0.25, 0.3) is 0 Å². The lowest BCUT2D eigenvalue weighted by Gasteiger charge is -2.29. The molecule has 3 rings (SSSR count). The second-order valence-electron chi connectivity index (χ2n) is 6.53. The maximum atomic E-state index is 14.4. The van der Waals surface area contributed by atoms with E-state index in [-0.39, 0.29) is 17.8 Å². The molecule has 1 aliphatic rings. The quantitative estimate of drug-likeness (QED) is 0.654. The van der Waals surface area contributed by atoms with Crippen molar-refractivity contribution in [3.05, 3.63) is 65.7 Å². The van der Waals surface area contributed by atoms with Crippen molar-refractivity contribution in [3.63, 3.8) is 0 Å². The molecule has 2 atom stereocenters. The van der Waals surface area contributed by atoms with Crippen LogP contribution in [-0.4, -0.2) is 25.9 Å². The molecule has 2 aromatic carbocycles. The fraction of sp³-hybridized carbons (Fsp3) is 0.364. The van der Waals surface area contributed by atoms with Crippen molar-refractivity contribution in [2.45, 2.75) is 31.8 Å². The maximum absolute atomic E-state index is 14.4. The van der Waals surface area contributed by atoms with E-state index in [1.165, 1.54) is 6.07 Å². The van der Waals surface area contributed by atoms with Gasteiger partial charge < -0.3 is 14.2 Å². The molecule has 0 radical (unpaired) electrons.